The van der Waals surface area contributed by atoms with Gasteiger partial charge in [-0.15, -0.1) is 11.3 Å². The normalized spacial score (nSPS) is 10.8. The summed E-state index contributed by atoms with van der Waals surface area (Å²) in [6, 6.07) is 15.2. The summed E-state index contributed by atoms with van der Waals surface area (Å²) in [5, 5.41) is 6.47. The molecule has 0 radical (unpaired) electrons. The lowest BCUT2D eigenvalue weighted by molar-refractivity contribution is 0.0926. The molecule has 2 aromatic carbocycles. The number of amides is 3. The average molecular weight is 474 g/mol. The maximum absolute atomic E-state index is 12.6. The van der Waals surface area contributed by atoms with Gasteiger partial charge in [0.2, 0.25) is 0 Å². The van der Waals surface area contributed by atoms with Crippen LogP contribution in [0.4, 0.5) is 15.5 Å². The van der Waals surface area contributed by atoms with Gasteiger partial charge in [-0.3, -0.25) is 19.6 Å². The van der Waals surface area contributed by atoms with E-state index in [4.69, 9.17) is 0 Å². The predicted octanol–water partition coefficient (Wildman–Crippen LogP) is 3.69. The molecule has 0 aliphatic carbocycles. The summed E-state index contributed by atoms with van der Waals surface area (Å²) in [4.78, 5) is 36.2. The van der Waals surface area contributed by atoms with Gasteiger partial charge in [0.25, 0.3) is 21.8 Å². The molecule has 3 amide bonds. The number of benzene rings is 2. The summed E-state index contributed by atoms with van der Waals surface area (Å²) in [7, 11) is -3.82. The standard InChI is InChI=1S/C21H19N3O6S2/c1-2-30-21(27)23-19(26)17-12-13-31-20(17)22-18(25)14-8-10-16(11-9-14)32(28,29)24-15-6-4-3-5-7-15/h3-13,24H,2H2,1H3,(H,22,25)(H,23,26,27). The molecule has 166 valence electrons. The van der Waals surface area contributed by atoms with Crippen LogP contribution in [0.5, 0.6) is 0 Å². The van der Waals surface area contributed by atoms with E-state index in [1.54, 1.807) is 42.6 Å². The second-order valence-corrected chi connectivity index (χ2v) is 8.89. The number of thiophene rings is 1. The number of hydrogen-bond acceptors (Lipinski definition) is 7. The van der Waals surface area contributed by atoms with Crippen LogP contribution in [0.15, 0.2) is 70.9 Å². The van der Waals surface area contributed by atoms with Crippen molar-refractivity contribution in [2.24, 2.45) is 0 Å². The number of hydrogen-bond donors (Lipinski definition) is 3. The molecule has 0 aliphatic heterocycles. The number of rotatable bonds is 7. The van der Waals surface area contributed by atoms with E-state index >= 15 is 0 Å². The third-order valence-electron chi connectivity index (χ3n) is 4.08. The van der Waals surface area contributed by atoms with Crippen molar-refractivity contribution in [3.63, 3.8) is 0 Å². The Bertz CT molecular complexity index is 1220. The van der Waals surface area contributed by atoms with Crippen molar-refractivity contribution in [3.05, 3.63) is 77.2 Å². The van der Waals surface area contributed by atoms with Crippen LogP contribution < -0.4 is 15.4 Å². The topological polar surface area (TPSA) is 131 Å². The van der Waals surface area contributed by atoms with Gasteiger partial charge in [-0.05, 0) is 54.8 Å². The predicted molar refractivity (Wildman–Crippen MR) is 120 cm³/mol. The summed E-state index contributed by atoms with van der Waals surface area (Å²) in [6.07, 6.45) is -0.887. The molecule has 1 heterocycles. The van der Waals surface area contributed by atoms with Crippen LogP contribution in [0.1, 0.15) is 27.6 Å². The zero-order valence-corrected chi connectivity index (χ0v) is 18.5. The zero-order chi connectivity index (χ0) is 23.1. The highest BCUT2D eigenvalue weighted by atomic mass is 32.2. The third-order valence-corrected chi connectivity index (χ3v) is 6.31. The number of nitrogens with one attached hydrogen (secondary N) is 3. The van der Waals surface area contributed by atoms with Gasteiger partial charge in [-0.2, -0.15) is 0 Å². The lowest BCUT2D eigenvalue weighted by atomic mass is 10.2. The maximum atomic E-state index is 12.6. The first kappa shape index (κ1) is 23.0. The third kappa shape index (κ3) is 5.71. The Morgan fingerprint density at radius 2 is 1.62 bits per heavy atom. The molecule has 0 bridgehead atoms. The molecule has 11 heteroatoms. The second kappa shape index (κ2) is 10.1. The Kier molecular flexibility index (Phi) is 7.23. The van der Waals surface area contributed by atoms with E-state index in [-0.39, 0.29) is 27.6 Å². The molecule has 9 nitrogen and oxygen atoms in total. The molecular weight excluding hydrogens is 454 g/mol. The first-order chi connectivity index (χ1) is 15.3. The van der Waals surface area contributed by atoms with Crippen molar-refractivity contribution >= 4 is 50.0 Å². The molecule has 0 spiro atoms. The highest BCUT2D eigenvalue weighted by Crippen LogP contribution is 2.24. The van der Waals surface area contributed by atoms with Crippen LogP contribution in [0.3, 0.4) is 0 Å². The van der Waals surface area contributed by atoms with E-state index in [1.807, 2.05) is 0 Å². The van der Waals surface area contributed by atoms with Crippen molar-refractivity contribution in [1.82, 2.24) is 5.32 Å². The molecule has 3 rings (SSSR count). The van der Waals surface area contributed by atoms with Crippen molar-refractivity contribution in [1.29, 1.82) is 0 Å². The lowest BCUT2D eigenvalue weighted by Gasteiger charge is -2.09. The minimum atomic E-state index is -3.82. The maximum Gasteiger partial charge on any atom is 0.414 e. The second-order valence-electron chi connectivity index (χ2n) is 6.29. The van der Waals surface area contributed by atoms with Crippen molar-refractivity contribution in [2.75, 3.05) is 16.6 Å². The highest BCUT2D eigenvalue weighted by Gasteiger charge is 2.19. The van der Waals surface area contributed by atoms with Crippen molar-refractivity contribution in [2.45, 2.75) is 11.8 Å². The van der Waals surface area contributed by atoms with Crippen LogP contribution in [0.25, 0.3) is 0 Å². The minimum Gasteiger partial charge on any atom is -0.450 e. The molecule has 32 heavy (non-hydrogen) atoms. The monoisotopic (exact) mass is 473 g/mol. The summed E-state index contributed by atoms with van der Waals surface area (Å²) < 4.78 is 32.1. The summed E-state index contributed by atoms with van der Waals surface area (Å²) >= 11 is 1.10. The van der Waals surface area contributed by atoms with Gasteiger partial charge >= 0.3 is 6.09 Å². The first-order valence-corrected chi connectivity index (χ1v) is 11.7. The van der Waals surface area contributed by atoms with Crippen molar-refractivity contribution in [3.8, 4) is 0 Å². The fourth-order valence-corrected chi connectivity index (χ4v) is 4.43. The number of imide groups is 1. The summed E-state index contributed by atoms with van der Waals surface area (Å²) in [5.41, 5.74) is 0.706. The molecule has 3 N–H and O–H groups in total. The Balaban J connectivity index is 1.69. The fraction of sp³-hybridized carbons (Fsp3) is 0.0952. The van der Waals surface area contributed by atoms with E-state index in [0.717, 1.165) is 11.3 Å². The van der Waals surface area contributed by atoms with E-state index in [9.17, 15) is 22.8 Å². The van der Waals surface area contributed by atoms with E-state index in [0.29, 0.717) is 5.69 Å². The molecule has 0 saturated heterocycles. The molecule has 0 aliphatic rings. The van der Waals surface area contributed by atoms with Crippen molar-refractivity contribution < 1.29 is 27.5 Å². The zero-order valence-electron chi connectivity index (χ0n) is 16.8. The van der Waals surface area contributed by atoms with E-state index < -0.39 is 27.9 Å². The summed E-state index contributed by atoms with van der Waals surface area (Å²) in [5.74, 6) is -1.26. The molecule has 0 saturated carbocycles. The van der Waals surface area contributed by atoms with Gasteiger partial charge in [0.05, 0.1) is 17.1 Å². The van der Waals surface area contributed by atoms with Crippen LogP contribution in [0, 0.1) is 0 Å². The Hall–Kier alpha value is -3.70. The number of carbonyl (C=O) groups is 3. The van der Waals surface area contributed by atoms with Gasteiger partial charge in [-0.25, -0.2) is 13.2 Å². The minimum absolute atomic E-state index is 0.0106. The fourth-order valence-electron chi connectivity index (χ4n) is 2.59. The van der Waals surface area contributed by atoms with Crippen LogP contribution >= 0.6 is 11.3 Å². The first-order valence-electron chi connectivity index (χ1n) is 9.35. The molecule has 0 atom stereocenters. The van der Waals surface area contributed by atoms with Crippen LogP contribution in [-0.2, 0) is 14.8 Å². The van der Waals surface area contributed by atoms with Gasteiger partial charge in [-0.1, -0.05) is 18.2 Å². The molecule has 0 unspecified atom stereocenters. The molecular formula is C21H19N3O6S2. The Labute approximate surface area is 188 Å². The van der Waals surface area contributed by atoms with E-state index in [1.165, 1.54) is 30.3 Å². The molecule has 1 aromatic heterocycles. The number of anilines is 2. The quantitative estimate of drug-likeness (QED) is 0.480. The van der Waals surface area contributed by atoms with Crippen LogP contribution in [0.2, 0.25) is 0 Å². The Morgan fingerprint density at radius 1 is 0.938 bits per heavy atom. The van der Waals surface area contributed by atoms with E-state index in [2.05, 4.69) is 20.1 Å². The van der Waals surface area contributed by atoms with Gasteiger partial charge in [0.1, 0.15) is 5.00 Å². The molecule has 0 fully saturated rings. The summed E-state index contributed by atoms with van der Waals surface area (Å²) in [6.45, 7) is 1.72. The smallest absolute Gasteiger partial charge is 0.414 e. The van der Waals surface area contributed by atoms with Gasteiger partial charge in [0.15, 0.2) is 0 Å². The van der Waals surface area contributed by atoms with Gasteiger partial charge in [0, 0.05) is 11.3 Å². The number of para-hydroxylation sites is 1. The largest absolute Gasteiger partial charge is 0.450 e. The Morgan fingerprint density at radius 3 is 2.28 bits per heavy atom. The SMILES string of the molecule is CCOC(=O)NC(=O)c1ccsc1NC(=O)c1ccc(S(=O)(=O)Nc2ccccc2)cc1. The average Bonchev–Trinajstić information content (AvgIpc) is 3.22. The number of sulfonamides is 1. The number of carbonyl (C=O) groups excluding carboxylic acids is 3. The van der Waals surface area contributed by atoms with Crippen LogP contribution in [-0.4, -0.2) is 32.9 Å². The molecule has 3 aromatic rings. The highest BCUT2D eigenvalue weighted by molar-refractivity contribution is 7.92. The number of alkyl carbamates (subject to hydrolysis) is 1. The lowest BCUT2D eigenvalue weighted by Crippen LogP contribution is -2.31. The van der Waals surface area contributed by atoms with Gasteiger partial charge < -0.3 is 10.1 Å². The number of ether oxygens (including phenoxy) is 1.